The van der Waals surface area contributed by atoms with Gasteiger partial charge in [-0.15, -0.1) is 0 Å². The van der Waals surface area contributed by atoms with E-state index < -0.39 is 0 Å². The fraction of sp³-hybridized carbons (Fsp3) is 0.538. The first-order chi connectivity index (χ1) is 7.72. The van der Waals surface area contributed by atoms with Gasteiger partial charge in [0.25, 0.3) is 0 Å². The number of nitrogens with one attached hydrogen (secondary N) is 1. The third kappa shape index (κ3) is 5.14. The first kappa shape index (κ1) is 13.0. The summed E-state index contributed by atoms with van der Waals surface area (Å²) in [5.41, 5.74) is 1.23. The van der Waals surface area contributed by atoms with E-state index in [-0.39, 0.29) is 6.10 Å². The van der Waals surface area contributed by atoms with Crippen LogP contribution in [0.4, 0.5) is 0 Å². The van der Waals surface area contributed by atoms with Gasteiger partial charge in [-0.2, -0.15) is 0 Å². The van der Waals surface area contributed by atoms with Crippen molar-refractivity contribution in [1.82, 2.24) is 5.32 Å². The highest BCUT2D eigenvalue weighted by atomic mass is 16.5. The number of ether oxygens (including phenoxy) is 1. The van der Waals surface area contributed by atoms with Crippen LogP contribution in [0.2, 0.25) is 0 Å². The highest BCUT2D eigenvalue weighted by Gasteiger charge is 1.98. The summed E-state index contributed by atoms with van der Waals surface area (Å²) in [5, 5.41) is 12.4. The van der Waals surface area contributed by atoms with Crippen LogP contribution >= 0.6 is 0 Å². The highest BCUT2D eigenvalue weighted by Crippen LogP contribution is 2.10. The van der Waals surface area contributed by atoms with Gasteiger partial charge in [-0.3, -0.25) is 0 Å². The molecule has 0 aliphatic carbocycles. The SMILES string of the molecule is CCC(O)CNCCOc1ccc(C)cc1. The van der Waals surface area contributed by atoms with Crippen LogP contribution in [0, 0.1) is 6.92 Å². The largest absolute Gasteiger partial charge is 0.492 e. The first-order valence-corrected chi connectivity index (χ1v) is 5.80. The molecule has 90 valence electrons. The maximum Gasteiger partial charge on any atom is 0.119 e. The van der Waals surface area contributed by atoms with Gasteiger partial charge in [0.05, 0.1) is 6.10 Å². The summed E-state index contributed by atoms with van der Waals surface area (Å²) in [6, 6.07) is 8.00. The van der Waals surface area contributed by atoms with Crippen LogP contribution in [0.25, 0.3) is 0 Å². The van der Waals surface area contributed by atoms with Gasteiger partial charge in [-0.25, -0.2) is 0 Å². The molecule has 3 heteroatoms. The van der Waals surface area contributed by atoms with Crippen molar-refractivity contribution in [3.05, 3.63) is 29.8 Å². The lowest BCUT2D eigenvalue weighted by atomic mass is 10.2. The maximum atomic E-state index is 9.30. The monoisotopic (exact) mass is 223 g/mol. The van der Waals surface area contributed by atoms with Crippen LogP contribution in [0.15, 0.2) is 24.3 Å². The summed E-state index contributed by atoms with van der Waals surface area (Å²) < 4.78 is 5.53. The molecular weight excluding hydrogens is 202 g/mol. The summed E-state index contributed by atoms with van der Waals surface area (Å²) in [7, 11) is 0. The van der Waals surface area contributed by atoms with E-state index in [0.717, 1.165) is 18.7 Å². The van der Waals surface area contributed by atoms with Crippen molar-refractivity contribution in [2.75, 3.05) is 19.7 Å². The third-order valence-electron chi connectivity index (χ3n) is 2.42. The molecule has 16 heavy (non-hydrogen) atoms. The number of aryl methyl sites for hydroxylation is 1. The Labute approximate surface area is 97.4 Å². The summed E-state index contributed by atoms with van der Waals surface area (Å²) in [4.78, 5) is 0. The quantitative estimate of drug-likeness (QED) is 0.692. The second-order valence-electron chi connectivity index (χ2n) is 3.93. The molecule has 0 spiro atoms. The van der Waals surface area contributed by atoms with Gasteiger partial charge in [0, 0.05) is 13.1 Å². The molecule has 0 amide bonds. The molecule has 1 unspecified atom stereocenters. The van der Waals surface area contributed by atoms with Gasteiger partial charge >= 0.3 is 0 Å². The van der Waals surface area contributed by atoms with E-state index in [2.05, 4.69) is 12.2 Å². The second kappa shape index (κ2) is 7.25. The summed E-state index contributed by atoms with van der Waals surface area (Å²) in [5.74, 6) is 0.892. The van der Waals surface area contributed by atoms with Gasteiger partial charge in [0.1, 0.15) is 12.4 Å². The van der Waals surface area contributed by atoms with E-state index >= 15 is 0 Å². The number of hydrogen-bond donors (Lipinski definition) is 2. The Balaban J connectivity index is 2.09. The van der Waals surface area contributed by atoms with Crippen LogP contribution in [0.5, 0.6) is 5.75 Å². The van der Waals surface area contributed by atoms with Crippen LogP contribution in [0.3, 0.4) is 0 Å². The Bertz CT molecular complexity index is 284. The second-order valence-corrected chi connectivity index (χ2v) is 3.93. The van der Waals surface area contributed by atoms with E-state index in [4.69, 9.17) is 4.74 Å². The van der Waals surface area contributed by atoms with Gasteiger partial charge < -0.3 is 15.2 Å². The van der Waals surface area contributed by atoms with Crippen molar-refractivity contribution in [2.45, 2.75) is 26.4 Å². The molecule has 0 heterocycles. The Morgan fingerprint density at radius 3 is 2.62 bits per heavy atom. The predicted molar refractivity (Wildman–Crippen MR) is 65.8 cm³/mol. The molecule has 3 nitrogen and oxygen atoms in total. The average Bonchev–Trinajstić information content (AvgIpc) is 2.31. The van der Waals surface area contributed by atoms with E-state index in [1.165, 1.54) is 5.56 Å². The fourth-order valence-corrected chi connectivity index (χ4v) is 1.29. The lowest BCUT2D eigenvalue weighted by Crippen LogP contribution is -2.29. The van der Waals surface area contributed by atoms with Gasteiger partial charge in [0.2, 0.25) is 0 Å². The zero-order valence-electron chi connectivity index (χ0n) is 10.1. The van der Waals surface area contributed by atoms with Crippen molar-refractivity contribution in [1.29, 1.82) is 0 Å². The fourth-order valence-electron chi connectivity index (χ4n) is 1.29. The van der Waals surface area contributed by atoms with E-state index in [1.807, 2.05) is 31.2 Å². The molecule has 0 fully saturated rings. The Kier molecular flexibility index (Phi) is 5.90. The van der Waals surface area contributed by atoms with Gasteiger partial charge in [-0.1, -0.05) is 24.6 Å². The molecule has 0 saturated heterocycles. The average molecular weight is 223 g/mol. The molecule has 0 radical (unpaired) electrons. The normalized spacial score (nSPS) is 12.4. The molecular formula is C13H21NO2. The standard InChI is InChI=1S/C13H21NO2/c1-3-12(15)10-14-8-9-16-13-6-4-11(2)5-7-13/h4-7,12,14-15H,3,8-10H2,1-2H3. The lowest BCUT2D eigenvalue weighted by Gasteiger charge is -2.10. The van der Waals surface area contributed by atoms with Crippen molar-refractivity contribution < 1.29 is 9.84 Å². The summed E-state index contributed by atoms with van der Waals surface area (Å²) in [6.45, 7) is 6.03. The van der Waals surface area contributed by atoms with Gasteiger partial charge in [0.15, 0.2) is 0 Å². The molecule has 1 aromatic rings. The smallest absolute Gasteiger partial charge is 0.119 e. The molecule has 0 aromatic heterocycles. The highest BCUT2D eigenvalue weighted by molar-refractivity contribution is 5.26. The molecule has 0 bridgehead atoms. The topological polar surface area (TPSA) is 41.5 Å². The van der Waals surface area contributed by atoms with Gasteiger partial charge in [-0.05, 0) is 25.5 Å². The maximum absolute atomic E-state index is 9.30. The number of rotatable bonds is 7. The summed E-state index contributed by atoms with van der Waals surface area (Å²) >= 11 is 0. The predicted octanol–water partition coefficient (Wildman–Crippen LogP) is 1.73. The molecule has 0 saturated carbocycles. The molecule has 2 N–H and O–H groups in total. The zero-order valence-corrected chi connectivity index (χ0v) is 10.1. The zero-order chi connectivity index (χ0) is 11.8. The lowest BCUT2D eigenvalue weighted by molar-refractivity contribution is 0.165. The molecule has 1 rings (SSSR count). The van der Waals surface area contributed by atoms with Crippen LogP contribution in [0.1, 0.15) is 18.9 Å². The number of benzene rings is 1. The Hall–Kier alpha value is -1.06. The molecule has 0 aliphatic heterocycles. The minimum Gasteiger partial charge on any atom is -0.492 e. The minimum atomic E-state index is -0.251. The first-order valence-electron chi connectivity index (χ1n) is 5.80. The van der Waals surface area contributed by atoms with Crippen molar-refractivity contribution >= 4 is 0 Å². The third-order valence-corrected chi connectivity index (χ3v) is 2.42. The number of aliphatic hydroxyl groups is 1. The molecule has 0 aliphatic rings. The Morgan fingerprint density at radius 2 is 2.00 bits per heavy atom. The van der Waals surface area contributed by atoms with E-state index in [9.17, 15) is 5.11 Å². The van der Waals surface area contributed by atoms with Crippen molar-refractivity contribution in [3.8, 4) is 5.75 Å². The van der Waals surface area contributed by atoms with E-state index in [1.54, 1.807) is 0 Å². The van der Waals surface area contributed by atoms with Crippen LogP contribution < -0.4 is 10.1 Å². The Morgan fingerprint density at radius 1 is 1.31 bits per heavy atom. The van der Waals surface area contributed by atoms with Crippen LogP contribution in [-0.4, -0.2) is 30.9 Å². The molecule has 1 aromatic carbocycles. The van der Waals surface area contributed by atoms with E-state index in [0.29, 0.717) is 13.2 Å². The minimum absolute atomic E-state index is 0.251. The van der Waals surface area contributed by atoms with Crippen LogP contribution in [-0.2, 0) is 0 Å². The van der Waals surface area contributed by atoms with Crippen molar-refractivity contribution in [3.63, 3.8) is 0 Å². The number of aliphatic hydroxyl groups excluding tert-OH is 1. The number of hydrogen-bond acceptors (Lipinski definition) is 3. The summed E-state index contributed by atoms with van der Waals surface area (Å²) in [6.07, 6.45) is 0.533. The van der Waals surface area contributed by atoms with Crippen molar-refractivity contribution in [2.24, 2.45) is 0 Å². The molecule has 1 atom stereocenters.